The van der Waals surface area contributed by atoms with Crippen LogP contribution in [0.2, 0.25) is 0 Å². The Bertz CT molecular complexity index is 939. The van der Waals surface area contributed by atoms with E-state index in [0.29, 0.717) is 22.5 Å². The van der Waals surface area contributed by atoms with Crippen LogP contribution < -0.4 is 22.1 Å². The summed E-state index contributed by atoms with van der Waals surface area (Å²) in [6.07, 6.45) is -0.736. The maximum Gasteiger partial charge on any atom is 0.407 e. The van der Waals surface area contributed by atoms with Crippen molar-refractivity contribution in [3.8, 4) is 0 Å². The highest BCUT2D eigenvalue weighted by Gasteiger charge is 2.21. The number of hydrogen-bond acceptors (Lipinski definition) is 5. The van der Waals surface area contributed by atoms with Gasteiger partial charge in [0.1, 0.15) is 6.04 Å². The highest BCUT2D eigenvalue weighted by atomic mass is 16.5. The second-order valence-corrected chi connectivity index (χ2v) is 6.20. The van der Waals surface area contributed by atoms with E-state index >= 15 is 0 Å². The molecule has 10 heteroatoms. The Labute approximate surface area is 172 Å². The number of guanidine groups is 1. The Hall–Kier alpha value is -4.08. The van der Waals surface area contributed by atoms with E-state index in [0.717, 1.165) is 0 Å². The Morgan fingerprint density at radius 2 is 1.83 bits per heavy atom. The number of carboxylic acid groups (broad SMARTS) is 1. The normalized spacial score (nSPS) is 11.1. The molecule has 158 valence electrons. The van der Waals surface area contributed by atoms with Gasteiger partial charge >= 0.3 is 12.1 Å². The maximum absolute atomic E-state index is 12.4. The molecule has 1 atom stereocenters. The van der Waals surface area contributed by atoms with Gasteiger partial charge in [0.2, 0.25) is 0 Å². The summed E-state index contributed by atoms with van der Waals surface area (Å²) in [5.41, 5.74) is 12.7. The second kappa shape index (κ2) is 10.5. The van der Waals surface area contributed by atoms with Gasteiger partial charge in [-0.1, -0.05) is 18.2 Å². The summed E-state index contributed by atoms with van der Waals surface area (Å²) in [5.74, 6) is -1.65. The number of hydrogen-bond donors (Lipinski definition) is 5. The lowest BCUT2D eigenvalue weighted by atomic mass is 10.1. The molecule has 0 radical (unpaired) electrons. The third-order valence-corrected chi connectivity index (χ3v) is 3.88. The van der Waals surface area contributed by atoms with Crippen molar-refractivity contribution in [2.24, 2.45) is 16.5 Å². The van der Waals surface area contributed by atoms with E-state index < -0.39 is 18.1 Å². The van der Waals surface area contributed by atoms with Crippen LogP contribution in [0.25, 0.3) is 0 Å². The van der Waals surface area contributed by atoms with E-state index in [1.807, 2.05) is 0 Å². The van der Waals surface area contributed by atoms with Crippen LogP contribution in [0.5, 0.6) is 0 Å². The van der Waals surface area contributed by atoms with Gasteiger partial charge in [0.05, 0.1) is 12.3 Å². The van der Waals surface area contributed by atoms with Gasteiger partial charge in [0.15, 0.2) is 5.96 Å². The smallest absolute Gasteiger partial charge is 0.407 e. The van der Waals surface area contributed by atoms with Crippen LogP contribution >= 0.6 is 0 Å². The third kappa shape index (κ3) is 6.82. The van der Waals surface area contributed by atoms with Gasteiger partial charge in [-0.15, -0.1) is 0 Å². The molecule has 0 saturated heterocycles. The minimum Gasteiger partial charge on any atom is -0.480 e. The zero-order chi connectivity index (χ0) is 22.1. The zero-order valence-electron chi connectivity index (χ0n) is 16.3. The molecule has 2 amide bonds. The summed E-state index contributed by atoms with van der Waals surface area (Å²) in [7, 11) is 0. The zero-order valence-corrected chi connectivity index (χ0v) is 16.3. The van der Waals surface area contributed by atoms with Crippen LogP contribution in [0.3, 0.4) is 0 Å². The molecule has 10 nitrogen and oxygen atoms in total. The van der Waals surface area contributed by atoms with Crippen molar-refractivity contribution in [3.63, 3.8) is 0 Å². The molecule has 0 aliphatic rings. The Morgan fingerprint density at radius 3 is 2.43 bits per heavy atom. The monoisotopic (exact) mass is 413 g/mol. The van der Waals surface area contributed by atoms with Crippen LogP contribution in [-0.4, -0.2) is 41.7 Å². The molecule has 1 unspecified atom stereocenters. The van der Waals surface area contributed by atoms with Crippen molar-refractivity contribution >= 4 is 35.3 Å². The fourth-order valence-corrected chi connectivity index (χ4v) is 2.54. The number of aliphatic imine (C=N–C) groups is 1. The third-order valence-electron chi connectivity index (χ3n) is 3.88. The van der Waals surface area contributed by atoms with Gasteiger partial charge in [-0.3, -0.25) is 4.79 Å². The van der Waals surface area contributed by atoms with E-state index in [1.54, 1.807) is 55.5 Å². The van der Waals surface area contributed by atoms with Crippen LogP contribution in [0.4, 0.5) is 16.2 Å². The summed E-state index contributed by atoms with van der Waals surface area (Å²) in [5, 5.41) is 14.3. The first kappa shape index (κ1) is 22.2. The van der Waals surface area contributed by atoms with Gasteiger partial charge in [-0.2, -0.15) is 0 Å². The lowest BCUT2D eigenvalue weighted by Crippen LogP contribution is -2.42. The summed E-state index contributed by atoms with van der Waals surface area (Å²) in [6, 6.07) is 11.9. The lowest BCUT2D eigenvalue weighted by Gasteiger charge is -2.14. The molecule has 0 aromatic heterocycles. The van der Waals surface area contributed by atoms with Crippen molar-refractivity contribution < 1.29 is 24.2 Å². The minimum atomic E-state index is -1.18. The van der Waals surface area contributed by atoms with Crippen molar-refractivity contribution in [3.05, 3.63) is 59.7 Å². The summed E-state index contributed by atoms with van der Waals surface area (Å²) in [6.45, 7) is 1.76. The van der Waals surface area contributed by atoms with Gasteiger partial charge in [0.25, 0.3) is 5.91 Å². The minimum absolute atomic E-state index is 0.0585. The predicted octanol–water partition coefficient (Wildman–Crippen LogP) is 1.59. The van der Waals surface area contributed by atoms with Crippen LogP contribution in [-0.2, 0) is 16.0 Å². The van der Waals surface area contributed by atoms with E-state index in [9.17, 15) is 19.5 Å². The molecule has 0 aliphatic carbocycles. The fourth-order valence-electron chi connectivity index (χ4n) is 2.54. The molecule has 2 aromatic rings. The number of nitrogens with one attached hydrogen (secondary N) is 2. The number of ether oxygens (including phenoxy) is 1. The number of carbonyl (C=O) groups is 3. The number of aliphatic carboxylic acids is 1. The molecular weight excluding hydrogens is 390 g/mol. The van der Waals surface area contributed by atoms with E-state index in [4.69, 9.17) is 16.2 Å². The first-order chi connectivity index (χ1) is 14.3. The Kier molecular flexibility index (Phi) is 7.74. The maximum atomic E-state index is 12.4. The number of benzene rings is 2. The quantitative estimate of drug-likeness (QED) is 0.323. The summed E-state index contributed by atoms with van der Waals surface area (Å²) in [4.78, 5) is 39.2. The van der Waals surface area contributed by atoms with Crippen molar-refractivity contribution in [1.29, 1.82) is 0 Å². The molecule has 7 N–H and O–H groups in total. The van der Waals surface area contributed by atoms with Crippen molar-refractivity contribution in [2.75, 3.05) is 11.9 Å². The average Bonchev–Trinajstić information content (AvgIpc) is 2.68. The van der Waals surface area contributed by atoms with Crippen LogP contribution in [0, 0.1) is 0 Å². The molecule has 30 heavy (non-hydrogen) atoms. The number of nitrogens with zero attached hydrogens (tertiary/aromatic N) is 1. The first-order valence-corrected chi connectivity index (χ1v) is 9.04. The topological polar surface area (TPSA) is 169 Å². The van der Waals surface area contributed by atoms with Gasteiger partial charge in [0, 0.05) is 17.7 Å². The highest BCUT2D eigenvalue weighted by molar-refractivity contribution is 6.04. The van der Waals surface area contributed by atoms with Crippen molar-refractivity contribution in [1.82, 2.24) is 5.32 Å². The molecule has 0 spiro atoms. The Balaban J connectivity index is 2.03. The fraction of sp³-hybridized carbons (Fsp3) is 0.200. The molecule has 2 rings (SSSR count). The average molecular weight is 413 g/mol. The first-order valence-electron chi connectivity index (χ1n) is 9.04. The number of alkyl carbamates (subject to hydrolysis) is 1. The highest BCUT2D eigenvalue weighted by Crippen LogP contribution is 2.17. The van der Waals surface area contributed by atoms with E-state index in [1.165, 1.54) is 0 Å². The second-order valence-electron chi connectivity index (χ2n) is 6.20. The molecule has 0 saturated carbocycles. The van der Waals surface area contributed by atoms with Gasteiger partial charge in [-0.05, 0) is 42.8 Å². The van der Waals surface area contributed by atoms with E-state index in [-0.39, 0.29) is 24.9 Å². The number of anilines is 1. The van der Waals surface area contributed by atoms with Crippen LogP contribution in [0.1, 0.15) is 22.8 Å². The van der Waals surface area contributed by atoms with E-state index in [2.05, 4.69) is 15.6 Å². The molecule has 0 heterocycles. The summed E-state index contributed by atoms with van der Waals surface area (Å²) < 4.78 is 4.71. The molecular formula is C20H23N5O5. The van der Waals surface area contributed by atoms with Crippen LogP contribution in [0.15, 0.2) is 53.5 Å². The number of rotatable bonds is 8. The number of carboxylic acids is 1. The summed E-state index contributed by atoms with van der Waals surface area (Å²) >= 11 is 0. The van der Waals surface area contributed by atoms with Crippen molar-refractivity contribution in [2.45, 2.75) is 19.4 Å². The number of carbonyl (C=O) groups excluding carboxylic acids is 2. The Morgan fingerprint density at radius 1 is 1.13 bits per heavy atom. The molecule has 0 fully saturated rings. The molecule has 0 bridgehead atoms. The van der Waals surface area contributed by atoms with Gasteiger partial charge in [-0.25, -0.2) is 14.6 Å². The SMILES string of the molecule is CCOC(=O)NC(Cc1ccc(NC(=O)c2cccc(N=C(N)N)c2)cc1)C(=O)O. The predicted molar refractivity (Wildman–Crippen MR) is 112 cm³/mol. The standard InChI is InChI=1S/C20H23N5O5/c1-2-30-20(29)25-16(18(27)28)10-12-6-8-14(9-7-12)23-17(26)13-4-3-5-15(11-13)24-19(21)22/h3-9,11,16H,2,10H2,1H3,(H,23,26)(H,25,29)(H,27,28)(H4,21,22,24). The molecule has 2 aromatic carbocycles. The largest absolute Gasteiger partial charge is 0.480 e. The van der Waals surface area contributed by atoms with Gasteiger partial charge < -0.3 is 31.9 Å². The lowest BCUT2D eigenvalue weighted by molar-refractivity contribution is -0.139. The number of nitrogens with two attached hydrogens (primary N) is 2. The number of amides is 2. The molecule has 0 aliphatic heterocycles.